The Kier molecular flexibility index (Phi) is 14.1. The topological polar surface area (TPSA) is 45.7 Å². The monoisotopic (exact) mass is 423 g/mol. The molecule has 1 rings (SSSR count). The molecule has 1 atom stereocenters. The number of rotatable bonds is 9. The van der Waals surface area contributed by atoms with Crippen LogP contribution in [0.25, 0.3) is 0 Å². The van der Waals surface area contributed by atoms with Crippen molar-refractivity contribution in [2.24, 2.45) is 10.9 Å². The van der Waals surface area contributed by atoms with Gasteiger partial charge in [-0.15, -0.1) is 24.0 Å². The second-order valence-electron chi connectivity index (χ2n) is 5.61. The van der Waals surface area contributed by atoms with Gasteiger partial charge >= 0.3 is 0 Å². The molecule has 22 heavy (non-hydrogen) atoms. The molecule has 0 aromatic carbocycles. The molecule has 1 aliphatic carbocycles. The Hall–Kier alpha value is -0.300. The molecule has 1 unspecified atom stereocenters. The SMILES string of the molecule is C/C=C/CCNC(=NC)NCCC(OCC)C1CCCC1.I. The molecule has 0 spiro atoms. The molecule has 0 aliphatic heterocycles. The number of allylic oxidation sites excluding steroid dienone is 1. The van der Waals surface area contributed by atoms with Crippen LogP contribution in [0.5, 0.6) is 0 Å². The first-order valence-electron chi connectivity index (χ1n) is 8.49. The summed E-state index contributed by atoms with van der Waals surface area (Å²) in [6, 6.07) is 0. The van der Waals surface area contributed by atoms with Gasteiger partial charge < -0.3 is 15.4 Å². The fourth-order valence-electron chi connectivity index (χ4n) is 2.99. The lowest BCUT2D eigenvalue weighted by Crippen LogP contribution is -2.39. The molecule has 2 N–H and O–H groups in total. The largest absolute Gasteiger partial charge is 0.378 e. The zero-order valence-corrected chi connectivity index (χ0v) is 16.8. The van der Waals surface area contributed by atoms with Gasteiger partial charge in [-0.1, -0.05) is 25.0 Å². The number of nitrogens with one attached hydrogen (secondary N) is 2. The number of nitrogens with zero attached hydrogens (tertiary/aromatic N) is 1. The predicted molar refractivity (Wildman–Crippen MR) is 106 cm³/mol. The van der Waals surface area contributed by atoms with Crippen LogP contribution < -0.4 is 10.6 Å². The average molecular weight is 423 g/mol. The number of aliphatic imine (C=N–C) groups is 1. The molecule has 1 saturated carbocycles. The van der Waals surface area contributed by atoms with Crippen molar-refractivity contribution in [2.45, 2.75) is 58.5 Å². The molecule has 0 aromatic heterocycles. The fourth-order valence-corrected chi connectivity index (χ4v) is 2.99. The zero-order chi connectivity index (χ0) is 15.3. The van der Waals surface area contributed by atoms with Gasteiger partial charge in [0.1, 0.15) is 0 Å². The number of hydrogen-bond donors (Lipinski definition) is 2. The summed E-state index contributed by atoms with van der Waals surface area (Å²) in [5.41, 5.74) is 0. The molecule has 130 valence electrons. The third kappa shape index (κ3) is 8.98. The summed E-state index contributed by atoms with van der Waals surface area (Å²) in [6.07, 6.45) is 12.1. The summed E-state index contributed by atoms with van der Waals surface area (Å²) in [5.74, 6) is 1.65. The van der Waals surface area contributed by atoms with Crippen molar-refractivity contribution in [2.75, 3.05) is 26.7 Å². The maximum atomic E-state index is 5.95. The van der Waals surface area contributed by atoms with Crippen molar-refractivity contribution >= 4 is 29.9 Å². The van der Waals surface area contributed by atoms with E-state index in [9.17, 15) is 0 Å². The standard InChI is InChI=1S/C17H33N3O.HI/c1-4-6-9-13-19-17(18-3)20-14-12-16(21-5-2)15-10-7-8-11-15;/h4,6,15-16H,5,7-14H2,1-3H3,(H2,18,19,20);1H/b6-4+;. The maximum Gasteiger partial charge on any atom is 0.190 e. The third-order valence-electron chi connectivity index (χ3n) is 4.09. The number of ether oxygens (including phenoxy) is 1. The van der Waals surface area contributed by atoms with Crippen molar-refractivity contribution in [1.82, 2.24) is 10.6 Å². The summed E-state index contributed by atoms with van der Waals surface area (Å²) in [6.45, 7) is 6.80. The second kappa shape index (κ2) is 14.3. The smallest absolute Gasteiger partial charge is 0.190 e. The van der Waals surface area contributed by atoms with E-state index in [1.54, 1.807) is 0 Å². The van der Waals surface area contributed by atoms with Gasteiger partial charge in [0, 0.05) is 26.7 Å². The van der Waals surface area contributed by atoms with E-state index in [4.69, 9.17) is 4.74 Å². The van der Waals surface area contributed by atoms with Gasteiger partial charge in [0.05, 0.1) is 6.10 Å². The van der Waals surface area contributed by atoms with Gasteiger partial charge in [0.25, 0.3) is 0 Å². The van der Waals surface area contributed by atoms with Crippen LogP contribution in [-0.2, 0) is 4.74 Å². The highest BCUT2D eigenvalue weighted by molar-refractivity contribution is 14.0. The summed E-state index contributed by atoms with van der Waals surface area (Å²) < 4.78 is 5.95. The van der Waals surface area contributed by atoms with E-state index in [0.717, 1.165) is 44.4 Å². The zero-order valence-electron chi connectivity index (χ0n) is 14.4. The van der Waals surface area contributed by atoms with Gasteiger partial charge in [-0.05, 0) is 45.4 Å². The first kappa shape index (κ1) is 21.7. The van der Waals surface area contributed by atoms with Crippen LogP contribution in [0.15, 0.2) is 17.1 Å². The molecule has 0 amide bonds. The number of guanidine groups is 1. The first-order chi connectivity index (χ1) is 10.3. The molecule has 0 radical (unpaired) electrons. The highest BCUT2D eigenvalue weighted by atomic mass is 127. The van der Waals surface area contributed by atoms with E-state index in [2.05, 4.69) is 34.7 Å². The normalized spacial score (nSPS) is 17.5. The van der Waals surface area contributed by atoms with E-state index < -0.39 is 0 Å². The van der Waals surface area contributed by atoms with E-state index in [0.29, 0.717) is 6.10 Å². The Balaban J connectivity index is 0.00000441. The van der Waals surface area contributed by atoms with Crippen LogP contribution >= 0.6 is 24.0 Å². The molecule has 0 bridgehead atoms. The first-order valence-corrected chi connectivity index (χ1v) is 8.49. The summed E-state index contributed by atoms with van der Waals surface area (Å²) in [4.78, 5) is 4.26. The highest BCUT2D eigenvalue weighted by Gasteiger charge is 2.24. The lowest BCUT2D eigenvalue weighted by atomic mass is 9.98. The number of halogens is 1. The highest BCUT2D eigenvalue weighted by Crippen LogP contribution is 2.30. The summed E-state index contributed by atoms with van der Waals surface area (Å²) in [7, 11) is 1.82. The molecule has 4 nitrogen and oxygen atoms in total. The summed E-state index contributed by atoms with van der Waals surface area (Å²) in [5, 5.41) is 6.72. The fraction of sp³-hybridized carbons (Fsp3) is 0.824. The van der Waals surface area contributed by atoms with Crippen molar-refractivity contribution in [1.29, 1.82) is 0 Å². The minimum atomic E-state index is 0. The van der Waals surface area contributed by atoms with Crippen molar-refractivity contribution < 1.29 is 4.74 Å². The van der Waals surface area contributed by atoms with Crippen LogP contribution in [0.3, 0.4) is 0 Å². The molecular formula is C17H34IN3O. The Morgan fingerprint density at radius 1 is 1.27 bits per heavy atom. The van der Waals surface area contributed by atoms with Crippen LogP contribution in [-0.4, -0.2) is 38.8 Å². The minimum absolute atomic E-state index is 0. The minimum Gasteiger partial charge on any atom is -0.378 e. The van der Waals surface area contributed by atoms with Crippen LogP contribution in [0.2, 0.25) is 0 Å². The van der Waals surface area contributed by atoms with Crippen molar-refractivity contribution in [3.05, 3.63) is 12.2 Å². The number of hydrogen-bond acceptors (Lipinski definition) is 2. The Labute approximate surface area is 153 Å². The molecule has 1 aliphatic rings. The predicted octanol–water partition coefficient (Wildman–Crippen LogP) is 3.72. The van der Waals surface area contributed by atoms with Gasteiger partial charge in [-0.2, -0.15) is 0 Å². The van der Waals surface area contributed by atoms with Gasteiger partial charge in [-0.25, -0.2) is 0 Å². The van der Waals surface area contributed by atoms with Crippen molar-refractivity contribution in [3.8, 4) is 0 Å². The maximum absolute atomic E-state index is 5.95. The van der Waals surface area contributed by atoms with E-state index >= 15 is 0 Å². The van der Waals surface area contributed by atoms with Crippen molar-refractivity contribution in [3.63, 3.8) is 0 Å². The lowest BCUT2D eigenvalue weighted by molar-refractivity contribution is 0.0169. The van der Waals surface area contributed by atoms with E-state index in [1.807, 2.05) is 14.0 Å². The van der Waals surface area contributed by atoms with E-state index in [1.165, 1.54) is 25.7 Å². The lowest BCUT2D eigenvalue weighted by Gasteiger charge is -2.24. The van der Waals surface area contributed by atoms with Gasteiger partial charge in [-0.3, -0.25) is 4.99 Å². The molecule has 0 aromatic rings. The van der Waals surface area contributed by atoms with Gasteiger partial charge in [0.2, 0.25) is 0 Å². The second-order valence-corrected chi connectivity index (χ2v) is 5.61. The van der Waals surface area contributed by atoms with Crippen LogP contribution in [0, 0.1) is 5.92 Å². The third-order valence-corrected chi connectivity index (χ3v) is 4.09. The van der Waals surface area contributed by atoms with Crippen LogP contribution in [0.4, 0.5) is 0 Å². The molecule has 0 saturated heterocycles. The summed E-state index contributed by atoms with van der Waals surface area (Å²) >= 11 is 0. The van der Waals surface area contributed by atoms with Gasteiger partial charge in [0.15, 0.2) is 5.96 Å². The van der Waals surface area contributed by atoms with Crippen LogP contribution in [0.1, 0.15) is 52.4 Å². The molecule has 1 fully saturated rings. The Morgan fingerprint density at radius 2 is 1.95 bits per heavy atom. The average Bonchev–Trinajstić information content (AvgIpc) is 3.03. The Morgan fingerprint density at radius 3 is 2.55 bits per heavy atom. The van der Waals surface area contributed by atoms with E-state index in [-0.39, 0.29) is 24.0 Å². The molecular weight excluding hydrogens is 389 g/mol. The molecule has 0 heterocycles. The Bertz CT molecular complexity index is 315. The molecule has 5 heteroatoms. The quantitative estimate of drug-likeness (QED) is 0.195.